The van der Waals surface area contributed by atoms with E-state index in [0.717, 1.165) is 19.3 Å². The molecule has 10 N–H and O–H groups in total. The van der Waals surface area contributed by atoms with Gasteiger partial charge in [0.2, 0.25) is 29.5 Å². The minimum atomic E-state index is -1.33. The van der Waals surface area contributed by atoms with Crippen LogP contribution < -0.4 is 32.3 Å². The maximum atomic E-state index is 13.0. The minimum Gasteiger partial charge on any atom is -0.481 e. The summed E-state index contributed by atoms with van der Waals surface area (Å²) in [6.07, 6.45) is 22.3. The first-order valence-corrected chi connectivity index (χ1v) is 27.4. The Balaban J connectivity index is 0. The lowest BCUT2D eigenvalue weighted by molar-refractivity contribution is -0.145. The van der Waals surface area contributed by atoms with E-state index in [0.29, 0.717) is 25.0 Å². The number of nitrogens with zero attached hydrogens (tertiary/aromatic N) is 1. The number of aromatic amines is 1. The van der Waals surface area contributed by atoms with Gasteiger partial charge in [0.15, 0.2) is 5.78 Å². The van der Waals surface area contributed by atoms with Crippen LogP contribution in [0.25, 0.3) is 0 Å². The van der Waals surface area contributed by atoms with Crippen LogP contribution in [0.15, 0.2) is 12.5 Å². The van der Waals surface area contributed by atoms with Gasteiger partial charge in [0.05, 0.1) is 63.5 Å². The number of carbonyl (C=O) groups excluding carboxylic acids is 6. The molecule has 3 atom stereocenters. The lowest BCUT2D eigenvalue weighted by atomic mass is 9.88. The summed E-state index contributed by atoms with van der Waals surface area (Å²) >= 11 is 0. The number of nitrogens with one attached hydrogen (secondary N) is 6. The van der Waals surface area contributed by atoms with Gasteiger partial charge >= 0.3 is 11.9 Å². The quantitative estimate of drug-likeness (QED) is 0.0391. The number of carboxylic acids is 2. The maximum Gasteiger partial charge on any atom is 0.326 e. The number of ketones is 1. The normalized spacial score (nSPS) is 12.3. The molecule has 0 bridgehead atoms. The summed E-state index contributed by atoms with van der Waals surface area (Å²) < 4.78 is 21.3. The molecule has 1 aromatic rings. The average Bonchev–Trinajstić information content (AvgIpc) is 3.89. The number of aromatic nitrogens is 2. The number of hydrogen-bond donors (Lipinski definition) is 9. The van der Waals surface area contributed by atoms with Gasteiger partial charge in [-0.05, 0) is 39.5 Å². The first-order valence-electron chi connectivity index (χ1n) is 27.4. The number of hydrogen-bond acceptors (Lipinski definition) is 14. The number of ether oxygens (including phenoxy) is 4. The Morgan fingerprint density at radius 2 is 1.12 bits per heavy atom. The van der Waals surface area contributed by atoms with Gasteiger partial charge in [-0.2, -0.15) is 0 Å². The predicted octanol–water partition coefficient (Wildman–Crippen LogP) is 4.91. The Kier molecular flexibility index (Phi) is 43.2. The third-order valence-electron chi connectivity index (χ3n) is 11.9. The molecule has 0 radical (unpaired) electrons. The van der Waals surface area contributed by atoms with Gasteiger partial charge in [-0.15, -0.1) is 0 Å². The molecule has 0 fully saturated rings. The second-order valence-corrected chi connectivity index (χ2v) is 19.2. The number of amides is 5. The van der Waals surface area contributed by atoms with Crippen LogP contribution in [0.3, 0.4) is 0 Å². The van der Waals surface area contributed by atoms with E-state index < -0.39 is 47.2 Å². The number of carboxylic acid groups (broad SMARTS) is 2. The van der Waals surface area contributed by atoms with Gasteiger partial charge in [0.1, 0.15) is 19.3 Å². The molecule has 5 amide bonds. The zero-order valence-electron chi connectivity index (χ0n) is 46.0. The van der Waals surface area contributed by atoms with Crippen LogP contribution in [-0.2, 0) is 63.7 Å². The molecule has 0 saturated heterocycles. The fraction of sp³-hybridized carbons (Fsp3) is 0.792. The highest BCUT2D eigenvalue weighted by Gasteiger charge is 2.34. The van der Waals surface area contributed by atoms with Crippen molar-refractivity contribution in [3.63, 3.8) is 0 Å². The number of unbranched alkanes of at least 4 members (excludes halogenated alkanes) is 13. The summed E-state index contributed by atoms with van der Waals surface area (Å²) in [5.74, 6) is -5.69. The Bertz CT molecular complexity index is 1700. The smallest absolute Gasteiger partial charge is 0.326 e. The van der Waals surface area contributed by atoms with Crippen LogP contribution in [0.5, 0.6) is 0 Å². The number of Topliss-reactive ketones (excluding diaryl/α,β-unsaturated/α-hetero) is 1. The molecule has 434 valence electrons. The van der Waals surface area contributed by atoms with E-state index in [9.17, 15) is 48.6 Å². The van der Waals surface area contributed by atoms with Gasteiger partial charge in [-0.1, -0.05) is 111 Å². The Hall–Kier alpha value is -5.03. The molecule has 75 heavy (non-hydrogen) atoms. The van der Waals surface area contributed by atoms with Crippen LogP contribution >= 0.6 is 0 Å². The largest absolute Gasteiger partial charge is 0.481 e. The molecule has 0 unspecified atom stereocenters. The molecule has 1 heterocycles. The summed E-state index contributed by atoms with van der Waals surface area (Å²) in [4.78, 5) is 104. The van der Waals surface area contributed by atoms with Crippen molar-refractivity contribution in [2.24, 2.45) is 11.7 Å². The monoisotopic (exact) mass is 1070 g/mol. The van der Waals surface area contributed by atoms with E-state index in [4.69, 9.17) is 24.7 Å². The summed E-state index contributed by atoms with van der Waals surface area (Å²) in [6, 6.07) is -2.06. The van der Waals surface area contributed by atoms with Gasteiger partial charge in [0.25, 0.3) is 0 Å². The highest BCUT2D eigenvalue weighted by Crippen LogP contribution is 2.19. The van der Waals surface area contributed by atoms with Crippen molar-refractivity contribution in [3.05, 3.63) is 18.2 Å². The lowest BCUT2D eigenvalue weighted by Crippen LogP contribution is -2.55. The minimum absolute atomic E-state index is 0. The van der Waals surface area contributed by atoms with Gasteiger partial charge in [0, 0.05) is 58.6 Å². The van der Waals surface area contributed by atoms with Gasteiger partial charge < -0.3 is 66.5 Å². The molecular formula is C53H98N8O14. The Morgan fingerprint density at radius 3 is 1.63 bits per heavy atom. The number of aliphatic carboxylic acids is 2. The molecule has 0 aliphatic carbocycles. The summed E-state index contributed by atoms with van der Waals surface area (Å²) in [7, 11) is 0. The zero-order valence-corrected chi connectivity index (χ0v) is 46.0. The number of imidazole rings is 1. The van der Waals surface area contributed by atoms with E-state index in [1.807, 2.05) is 0 Å². The van der Waals surface area contributed by atoms with Gasteiger partial charge in [-0.3, -0.25) is 33.6 Å². The first kappa shape index (κ1) is 70.0. The average molecular weight is 1070 g/mol. The molecule has 0 spiro atoms. The van der Waals surface area contributed by atoms with E-state index in [-0.39, 0.29) is 136 Å². The Labute approximate surface area is 447 Å². The highest BCUT2D eigenvalue weighted by molar-refractivity contribution is 5.95. The van der Waals surface area contributed by atoms with Crippen LogP contribution in [0.2, 0.25) is 0 Å². The van der Waals surface area contributed by atoms with Gasteiger partial charge in [-0.25, -0.2) is 9.78 Å². The third kappa shape index (κ3) is 40.9. The van der Waals surface area contributed by atoms with Crippen LogP contribution in [0.1, 0.15) is 177 Å². The molecule has 22 nitrogen and oxygen atoms in total. The maximum absolute atomic E-state index is 13.0. The van der Waals surface area contributed by atoms with E-state index in [1.165, 1.54) is 84.4 Å². The topological polar surface area (TPSA) is 329 Å². The van der Waals surface area contributed by atoms with E-state index in [1.54, 1.807) is 6.20 Å². The number of nitrogens with two attached hydrogens (primary N) is 1. The molecule has 0 aliphatic heterocycles. The highest BCUT2D eigenvalue weighted by atomic mass is 16.5. The van der Waals surface area contributed by atoms with Crippen molar-refractivity contribution in [2.75, 3.05) is 72.5 Å². The van der Waals surface area contributed by atoms with Crippen LogP contribution in [-0.4, -0.2) is 158 Å². The molecule has 0 aromatic carbocycles. The van der Waals surface area contributed by atoms with Crippen LogP contribution in [0, 0.1) is 5.92 Å². The Morgan fingerprint density at radius 1 is 0.613 bits per heavy atom. The van der Waals surface area contributed by atoms with Crippen molar-refractivity contribution in [2.45, 2.75) is 193 Å². The van der Waals surface area contributed by atoms with Crippen molar-refractivity contribution < 1.29 is 68.9 Å². The van der Waals surface area contributed by atoms with E-state index >= 15 is 0 Å². The predicted molar refractivity (Wildman–Crippen MR) is 287 cm³/mol. The van der Waals surface area contributed by atoms with Crippen molar-refractivity contribution in [3.8, 4) is 0 Å². The van der Waals surface area contributed by atoms with Crippen molar-refractivity contribution >= 4 is 47.3 Å². The fourth-order valence-corrected chi connectivity index (χ4v) is 7.29. The molecule has 1 aromatic heterocycles. The molecule has 22 heteroatoms. The molecular weight excluding hydrogens is 973 g/mol. The number of H-pyrrole nitrogens is 1. The lowest BCUT2D eigenvalue weighted by Gasteiger charge is -2.27. The fourth-order valence-electron chi connectivity index (χ4n) is 7.29. The second-order valence-electron chi connectivity index (χ2n) is 19.2. The van der Waals surface area contributed by atoms with E-state index in [2.05, 4.69) is 57.3 Å². The second kappa shape index (κ2) is 46.3. The SMILES string of the molecule is CCCCCCC(=O)N[C@@H](CCC(=O)NCCOCCOCC(=O)NCCOCCOCC(=O)NCCCC[C@H](CC(=O)C(C)(C)NC(=O)[C@@H](N)Cc1cnc[nH]1)C(=O)O)C(=O)O.CCCCCCCCCCCC.[HH]. The number of carbonyl (C=O) groups is 8. The summed E-state index contributed by atoms with van der Waals surface area (Å²) in [5.41, 5.74) is 5.29. The third-order valence-corrected chi connectivity index (χ3v) is 11.9. The molecule has 1 rings (SSSR count). The van der Waals surface area contributed by atoms with Crippen molar-refractivity contribution in [1.82, 2.24) is 36.6 Å². The molecule has 0 aliphatic rings. The first-order chi connectivity index (χ1) is 36.0. The van der Waals surface area contributed by atoms with Crippen molar-refractivity contribution in [1.29, 1.82) is 0 Å². The number of rotatable bonds is 48. The van der Waals surface area contributed by atoms with Crippen LogP contribution in [0.4, 0.5) is 0 Å². The molecule has 0 saturated carbocycles. The standard InChI is InChI=1S/C41H70N8O14.C12H26.H2/c1-4-5-6-7-11-35(52)48-32(40(58)59)12-13-34(51)45-15-17-60-19-22-63-27-37(54)46-16-18-61-20-21-62-26-36(53)44-14-9-8-10-29(39(56)57)23-33(50)41(2,3)49-38(55)31(42)24-30-25-43-28-47-30;1-3-5-7-9-11-12-10-8-6-4-2;/h25,28-29,31-32H,4-24,26-27,42H2,1-3H3,(H,43,47)(H,44,53)(H,45,51)(H,46,54)(H,48,52)(H,49,55)(H,56,57)(H,58,59);3-12H2,1-2H3;1H/t29-,31+,32+;;/m1../s1. The summed E-state index contributed by atoms with van der Waals surface area (Å²) in [6.45, 7) is 11.0. The zero-order chi connectivity index (χ0) is 56.0. The summed E-state index contributed by atoms with van der Waals surface area (Å²) in [5, 5.41) is 32.1.